The molecule has 0 unspecified atom stereocenters. The zero-order valence-electron chi connectivity index (χ0n) is 7.76. The van der Waals surface area contributed by atoms with Gasteiger partial charge in [-0.05, 0) is 19.4 Å². The van der Waals surface area contributed by atoms with E-state index in [1.165, 1.54) is 0 Å². The number of nitrogens with two attached hydrogens (primary N) is 1. The summed E-state index contributed by atoms with van der Waals surface area (Å²) < 4.78 is 0. The number of hydrogen-bond donors (Lipinski definition) is 1. The van der Waals surface area contributed by atoms with E-state index >= 15 is 0 Å². The monoisotopic (exact) mass is 209 g/mol. The minimum Gasteiger partial charge on any atom is -0.365 e. The Labute approximate surface area is 86.3 Å². The van der Waals surface area contributed by atoms with Crippen molar-refractivity contribution in [2.24, 2.45) is 5.73 Å². The van der Waals surface area contributed by atoms with Crippen LogP contribution in [0.3, 0.4) is 0 Å². The molecule has 1 aromatic heterocycles. The highest BCUT2D eigenvalue weighted by atomic mass is 35.5. The summed E-state index contributed by atoms with van der Waals surface area (Å²) in [5.41, 5.74) is 6.55. The third kappa shape index (κ3) is 1.54. The number of carbonyl (C=O) groups is 1. The molecule has 0 atom stereocenters. The molecule has 4 nitrogen and oxygen atoms in total. The molecule has 2 N–H and O–H groups in total. The number of primary amides is 1. The van der Waals surface area contributed by atoms with Crippen molar-refractivity contribution in [1.29, 1.82) is 5.26 Å². The fourth-order valence-electron chi connectivity index (χ4n) is 1.12. The second-order valence-corrected chi connectivity index (χ2v) is 3.20. The average molecular weight is 210 g/mol. The molecule has 0 aliphatic heterocycles. The fraction of sp³-hybridized carbons (Fsp3) is 0.222. The standard InChI is InChI=1S/C9H8ClN3O/c1-4-5(2)13-8(10)7(9(12)14)6(4)3-11/h1-2H3,(H2,12,14). The summed E-state index contributed by atoms with van der Waals surface area (Å²) >= 11 is 5.72. The summed E-state index contributed by atoms with van der Waals surface area (Å²) in [6, 6.07) is 1.90. The van der Waals surface area contributed by atoms with Gasteiger partial charge in [0.25, 0.3) is 5.91 Å². The number of halogens is 1. The van der Waals surface area contributed by atoms with Gasteiger partial charge >= 0.3 is 0 Å². The summed E-state index contributed by atoms with van der Waals surface area (Å²) in [5, 5.41) is 8.84. The van der Waals surface area contributed by atoms with Crippen molar-refractivity contribution in [3.63, 3.8) is 0 Å². The van der Waals surface area contributed by atoms with Crippen LogP contribution in [0.1, 0.15) is 27.2 Å². The number of aromatic nitrogens is 1. The number of aryl methyl sites for hydroxylation is 1. The number of nitriles is 1. The lowest BCUT2D eigenvalue weighted by Crippen LogP contribution is -2.16. The molecule has 14 heavy (non-hydrogen) atoms. The Bertz CT molecular complexity index is 448. The first-order chi connectivity index (χ1) is 6.49. The van der Waals surface area contributed by atoms with Crippen molar-refractivity contribution >= 4 is 17.5 Å². The number of rotatable bonds is 1. The van der Waals surface area contributed by atoms with Crippen molar-refractivity contribution in [2.75, 3.05) is 0 Å². The van der Waals surface area contributed by atoms with Gasteiger partial charge in [0.15, 0.2) is 0 Å². The maximum Gasteiger partial charge on any atom is 0.253 e. The van der Waals surface area contributed by atoms with Gasteiger partial charge in [0.2, 0.25) is 0 Å². The van der Waals surface area contributed by atoms with E-state index in [2.05, 4.69) is 4.98 Å². The number of hydrogen-bond acceptors (Lipinski definition) is 3. The van der Waals surface area contributed by atoms with Crippen LogP contribution in [0.4, 0.5) is 0 Å². The molecule has 0 aliphatic rings. The Hall–Kier alpha value is -1.60. The van der Waals surface area contributed by atoms with Gasteiger partial charge in [-0.25, -0.2) is 4.98 Å². The van der Waals surface area contributed by atoms with Crippen molar-refractivity contribution in [3.8, 4) is 6.07 Å². The van der Waals surface area contributed by atoms with Gasteiger partial charge < -0.3 is 5.73 Å². The Morgan fingerprint density at radius 1 is 1.57 bits per heavy atom. The molecule has 0 aromatic carbocycles. The van der Waals surface area contributed by atoms with Gasteiger partial charge in [0.05, 0.1) is 11.1 Å². The molecule has 1 amide bonds. The molecule has 0 saturated heterocycles. The van der Waals surface area contributed by atoms with Crippen LogP contribution in [0.2, 0.25) is 5.15 Å². The van der Waals surface area contributed by atoms with E-state index < -0.39 is 5.91 Å². The molecule has 1 aromatic rings. The molecule has 0 bridgehead atoms. The zero-order valence-corrected chi connectivity index (χ0v) is 8.51. The Morgan fingerprint density at radius 3 is 2.57 bits per heavy atom. The van der Waals surface area contributed by atoms with Gasteiger partial charge in [-0.2, -0.15) is 5.26 Å². The quantitative estimate of drug-likeness (QED) is 0.709. The third-order valence-corrected chi connectivity index (χ3v) is 2.27. The minimum absolute atomic E-state index is 0.00253. The largest absolute Gasteiger partial charge is 0.365 e. The molecular formula is C9H8ClN3O. The number of amides is 1. The molecule has 0 radical (unpaired) electrons. The van der Waals surface area contributed by atoms with Gasteiger partial charge in [-0.15, -0.1) is 0 Å². The molecule has 5 heteroatoms. The minimum atomic E-state index is -0.734. The SMILES string of the molecule is Cc1nc(Cl)c(C(N)=O)c(C#N)c1C. The molecule has 0 saturated carbocycles. The lowest BCUT2D eigenvalue weighted by atomic mass is 10.0. The van der Waals surface area contributed by atoms with Crippen LogP contribution in [0.15, 0.2) is 0 Å². The number of nitrogens with zero attached hydrogens (tertiary/aromatic N) is 2. The highest BCUT2D eigenvalue weighted by molar-refractivity contribution is 6.33. The molecular weight excluding hydrogens is 202 g/mol. The summed E-state index contributed by atoms with van der Waals surface area (Å²) in [7, 11) is 0. The van der Waals surface area contributed by atoms with Crippen LogP contribution in [0, 0.1) is 25.2 Å². The van der Waals surface area contributed by atoms with E-state index in [0.29, 0.717) is 11.3 Å². The van der Waals surface area contributed by atoms with Crippen LogP contribution in [0.25, 0.3) is 0 Å². The highest BCUT2D eigenvalue weighted by Crippen LogP contribution is 2.22. The van der Waals surface area contributed by atoms with Crippen LogP contribution in [0.5, 0.6) is 0 Å². The first kappa shape index (κ1) is 10.5. The lowest BCUT2D eigenvalue weighted by molar-refractivity contribution is 0.1000. The van der Waals surface area contributed by atoms with Crippen molar-refractivity contribution in [3.05, 3.63) is 27.5 Å². The Morgan fingerprint density at radius 2 is 2.14 bits per heavy atom. The summed E-state index contributed by atoms with van der Waals surface area (Å²) in [6.07, 6.45) is 0. The third-order valence-electron chi connectivity index (χ3n) is 2.00. The topological polar surface area (TPSA) is 79.8 Å². The van der Waals surface area contributed by atoms with Crippen molar-refractivity contribution < 1.29 is 4.79 Å². The predicted molar refractivity (Wildman–Crippen MR) is 52.0 cm³/mol. The zero-order chi connectivity index (χ0) is 10.9. The Kier molecular flexibility index (Phi) is 2.73. The maximum absolute atomic E-state index is 11.0. The molecule has 1 heterocycles. The van der Waals surface area contributed by atoms with Crippen LogP contribution in [-0.4, -0.2) is 10.9 Å². The summed E-state index contributed by atoms with van der Waals surface area (Å²) in [5.74, 6) is -0.734. The maximum atomic E-state index is 11.0. The number of carbonyl (C=O) groups excluding carboxylic acids is 1. The van der Waals surface area contributed by atoms with Crippen LogP contribution >= 0.6 is 11.6 Å². The van der Waals surface area contributed by atoms with Gasteiger partial charge in [0, 0.05) is 5.69 Å². The van der Waals surface area contributed by atoms with E-state index in [-0.39, 0.29) is 16.3 Å². The molecule has 72 valence electrons. The summed E-state index contributed by atoms with van der Waals surface area (Å²) in [4.78, 5) is 14.9. The number of pyridine rings is 1. The van der Waals surface area contributed by atoms with E-state index in [9.17, 15) is 4.79 Å². The molecule has 1 rings (SSSR count). The van der Waals surface area contributed by atoms with Crippen molar-refractivity contribution in [2.45, 2.75) is 13.8 Å². The van der Waals surface area contributed by atoms with E-state index in [0.717, 1.165) is 0 Å². The molecule has 0 fully saturated rings. The van der Waals surface area contributed by atoms with Crippen LogP contribution < -0.4 is 5.73 Å². The van der Waals surface area contributed by atoms with Crippen molar-refractivity contribution in [1.82, 2.24) is 4.98 Å². The van der Waals surface area contributed by atoms with Gasteiger partial charge in [0.1, 0.15) is 11.2 Å². The first-order valence-electron chi connectivity index (χ1n) is 3.85. The van der Waals surface area contributed by atoms with Crippen LogP contribution in [-0.2, 0) is 0 Å². The van der Waals surface area contributed by atoms with Gasteiger partial charge in [-0.1, -0.05) is 11.6 Å². The van der Waals surface area contributed by atoms with E-state index in [4.69, 9.17) is 22.6 Å². The normalized spacial score (nSPS) is 9.57. The Balaban J connectivity index is 3.66. The second kappa shape index (κ2) is 3.64. The first-order valence-corrected chi connectivity index (χ1v) is 4.23. The highest BCUT2D eigenvalue weighted by Gasteiger charge is 2.17. The average Bonchev–Trinajstić information content (AvgIpc) is 2.09. The molecule has 0 spiro atoms. The summed E-state index contributed by atoms with van der Waals surface area (Å²) in [6.45, 7) is 3.41. The smallest absolute Gasteiger partial charge is 0.253 e. The van der Waals surface area contributed by atoms with Gasteiger partial charge in [-0.3, -0.25) is 4.79 Å². The van der Waals surface area contributed by atoms with E-state index in [1.807, 2.05) is 6.07 Å². The lowest BCUT2D eigenvalue weighted by Gasteiger charge is -2.07. The van der Waals surface area contributed by atoms with E-state index in [1.54, 1.807) is 13.8 Å². The molecule has 0 aliphatic carbocycles. The predicted octanol–water partition coefficient (Wildman–Crippen LogP) is 1.32. The second-order valence-electron chi connectivity index (χ2n) is 2.84. The fourth-order valence-corrected chi connectivity index (χ4v) is 1.44.